The van der Waals surface area contributed by atoms with Crippen molar-refractivity contribution in [3.05, 3.63) is 18.0 Å². The van der Waals surface area contributed by atoms with Crippen LogP contribution in [0.25, 0.3) is 0 Å². The molecule has 2 saturated heterocycles. The number of likely N-dealkylation sites (tertiary alicyclic amines) is 1. The summed E-state index contributed by atoms with van der Waals surface area (Å²) in [7, 11) is 1.80. The summed E-state index contributed by atoms with van der Waals surface area (Å²) < 4.78 is 7.37. The van der Waals surface area contributed by atoms with E-state index in [-0.39, 0.29) is 18.0 Å². The second-order valence-electron chi connectivity index (χ2n) is 6.98. The van der Waals surface area contributed by atoms with Crippen LogP contribution in [0, 0.1) is 0 Å². The fourth-order valence-electron chi connectivity index (χ4n) is 3.63. The maximum atomic E-state index is 12.5. The van der Waals surface area contributed by atoms with Gasteiger partial charge in [-0.05, 0) is 19.4 Å². The number of carbonyl (C=O) groups excluding carboxylic acids is 2. The third kappa shape index (κ3) is 3.12. The molecule has 0 bridgehead atoms. The lowest BCUT2D eigenvalue weighted by Gasteiger charge is -2.37. The van der Waals surface area contributed by atoms with Crippen molar-refractivity contribution in [3.8, 4) is 0 Å². The van der Waals surface area contributed by atoms with Gasteiger partial charge >= 0.3 is 6.09 Å². The molecule has 24 heavy (non-hydrogen) atoms. The lowest BCUT2D eigenvalue weighted by molar-refractivity contribution is 0.00287. The summed E-state index contributed by atoms with van der Waals surface area (Å²) in [5.41, 5.74) is 0.0371. The minimum Gasteiger partial charge on any atom is -0.441 e. The number of amides is 2. The molecule has 0 aromatic carbocycles. The fourth-order valence-corrected chi connectivity index (χ4v) is 3.63. The lowest BCUT2D eigenvalue weighted by Crippen LogP contribution is -2.49. The molecule has 1 aromatic heterocycles. The van der Waals surface area contributed by atoms with E-state index in [4.69, 9.17) is 4.74 Å². The normalized spacial score (nSPS) is 21.2. The Hall–Kier alpha value is -2.05. The Bertz CT molecular complexity index is 619. The molecule has 2 aliphatic heterocycles. The van der Waals surface area contributed by atoms with E-state index in [1.807, 2.05) is 4.90 Å². The van der Waals surface area contributed by atoms with Gasteiger partial charge in [-0.3, -0.25) is 9.48 Å². The number of ether oxygens (including phenoxy) is 1. The van der Waals surface area contributed by atoms with Crippen molar-refractivity contribution < 1.29 is 14.3 Å². The molecule has 2 amide bonds. The summed E-state index contributed by atoms with van der Waals surface area (Å²) in [6.07, 6.45) is 4.96. The first-order valence-corrected chi connectivity index (χ1v) is 8.72. The van der Waals surface area contributed by atoms with Gasteiger partial charge in [-0.1, -0.05) is 13.3 Å². The number of rotatable bonds is 4. The van der Waals surface area contributed by atoms with Gasteiger partial charge in [0, 0.05) is 45.2 Å². The zero-order valence-corrected chi connectivity index (χ0v) is 14.7. The van der Waals surface area contributed by atoms with Crippen molar-refractivity contribution in [2.75, 3.05) is 19.6 Å². The molecule has 0 aliphatic carbocycles. The van der Waals surface area contributed by atoms with Crippen LogP contribution in [-0.4, -0.2) is 62.9 Å². The van der Waals surface area contributed by atoms with Crippen LogP contribution >= 0.6 is 0 Å². The first kappa shape index (κ1) is 16.8. The van der Waals surface area contributed by atoms with Gasteiger partial charge in [-0.2, -0.15) is 5.10 Å². The number of aryl methyl sites for hydroxylation is 1. The lowest BCUT2D eigenvalue weighted by atomic mass is 9.90. The zero-order valence-electron chi connectivity index (χ0n) is 14.7. The molecule has 3 heterocycles. The number of nitrogens with zero attached hydrogens (tertiary/aromatic N) is 4. The van der Waals surface area contributed by atoms with Gasteiger partial charge < -0.3 is 14.5 Å². The van der Waals surface area contributed by atoms with Crippen LogP contribution in [0.5, 0.6) is 0 Å². The molecule has 0 saturated carbocycles. The van der Waals surface area contributed by atoms with E-state index in [2.05, 4.69) is 18.9 Å². The van der Waals surface area contributed by atoms with Crippen LogP contribution in [0.1, 0.15) is 50.0 Å². The zero-order chi connectivity index (χ0) is 17.3. The average molecular weight is 334 g/mol. The molecule has 0 unspecified atom stereocenters. The van der Waals surface area contributed by atoms with Gasteiger partial charge in [0.05, 0.1) is 6.54 Å². The molecule has 132 valence electrons. The Kier molecular flexibility index (Phi) is 4.51. The summed E-state index contributed by atoms with van der Waals surface area (Å²) in [6, 6.07) is 1.94. The van der Waals surface area contributed by atoms with Crippen LogP contribution in [0.4, 0.5) is 4.79 Å². The molecule has 3 rings (SSSR count). The van der Waals surface area contributed by atoms with Gasteiger partial charge in [-0.25, -0.2) is 4.79 Å². The van der Waals surface area contributed by atoms with E-state index in [0.717, 1.165) is 12.8 Å². The Morgan fingerprint density at radius 2 is 2.12 bits per heavy atom. The van der Waals surface area contributed by atoms with E-state index >= 15 is 0 Å². The summed E-state index contributed by atoms with van der Waals surface area (Å²) in [5.74, 6) is -0.0500. The third-order valence-corrected chi connectivity index (χ3v) is 5.13. The van der Waals surface area contributed by atoms with E-state index < -0.39 is 5.60 Å². The predicted octanol–water partition coefficient (Wildman–Crippen LogP) is 2.04. The second kappa shape index (κ2) is 6.45. The van der Waals surface area contributed by atoms with E-state index in [0.29, 0.717) is 38.2 Å². The second-order valence-corrected chi connectivity index (χ2v) is 6.98. The molecule has 1 aromatic rings. The van der Waals surface area contributed by atoms with Crippen molar-refractivity contribution in [3.63, 3.8) is 0 Å². The van der Waals surface area contributed by atoms with E-state index in [1.165, 1.54) is 0 Å². The Morgan fingerprint density at radius 3 is 2.71 bits per heavy atom. The van der Waals surface area contributed by atoms with Crippen LogP contribution in [0.15, 0.2) is 12.3 Å². The quantitative estimate of drug-likeness (QED) is 0.845. The average Bonchev–Trinajstić information content (AvgIpc) is 3.12. The van der Waals surface area contributed by atoms with Crippen LogP contribution < -0.4 is 0 Å². The van der Waals surface area contributed by atoms with Crippen molar-refractivity contribution in [1.82, 2.24) is 19.6 Å². The molecule has 2 aliphatic rings. The van der Waals surface area contributed by atoms with Crippen molar-refractivity contribution in [2.45, 2.75) is 51.2 Å². The highest BCUT2D eigenvalue weighted by atomic mass is 16.6. The van der Waals surface area contributed by atoms with Gasteiger partial charge in [0.25, 0.3) is 5.91 Å². The highest BCUT2D eigenvalue weighted by molar-refractivity contribution is 5.92. The number of aromatic nitrogens is 2. The molecule has 7 nitrogen and oxygen atoms in total. The van der Waals surface area contributed by atoms with Gasteiger partial charge in [0.2, 0.25) is 0 Å². The summed E-state index contributed by atoms with van der Waals surface area (Å²) in [5, 5.41) is 4.17. The standard InChI is InChI=1S/C17H26N4O3/c1-4-5-13(2)21-12-17(24-16(21)23)7-10-20(11-8-17)15(22)14-6-9-19(3)18-14/h6,9,13H,4-5,7-8,10-12H2,1-3H3/t13-/m0/s1. The maximum Gasteiger partial charge on any atom is 0.410 e. The van der Waals surface area contributed by atoms with Gasteiger partial charge in [0.15, 0.2) is 0 Å². The molecule has 0 radical (unpaired) electrons. The molecule has 1 spiro atoms. The predicted molar refractivity (Wildman–Crippen MR) is 88.6 cm³/mol. The highest BCUT2D eigenvalue weighted by Crippen LogP contribution is 2.35. The van der Waals surface area contributed by atoms with Crippen molar-refractivity contribution in [1.29, 1.82) is 0 Å². The van der Waals surface area contributed by atoms with Crippen LogP contribution in [0.3, 0.4) is 0 Å². The Morgan fingerprint density at radius 1 is 1.42 bits per heavy atom. The molecular formula is C17H26N4O3. The Balaban J connectivity index is 1.60. The maximum absolute atomic E-state index is 12.5. The SMILES string of the molecule is CCC[C@H](C)N1CC2(CCN(C(=O)c3ccn(C)n3)CC2)OC1=O. The topological polar surface area (TPSA) is 67.7 Å². The Labute approximate surface area is 142 Å². The van der Waals surface area contributed by atoms with Gasteiger partial charge in [0.1, 0.15) is 11.3 Å². The van der Waals surface area contributed by atoms with Crippen molar-refractivity contribution in [2.24, 2.45) is 7.05 Å². The van der Waals surface area contributed by atoms with E-state index in [1.54, 1.807) is 28.9 Å². The molecule has 1 atom stereocenters. The molecule has 7 heteroatoms. The molecule has 0 N–H and O–H groups in total. The summed E-state index contributed by atoms with van der Waals surface area (Å²) in [4.78, 5) is 28.3. The first-order valence-electron chi connectivity index (χ1n) is 8.72. The van der Waals surface area contributed by atoms with Crippen LogP contribution in [-0.2, 0) is 11.8 Å². The summed E-state index contributed by atoms with van der Waals surface area (Å²) in [6.45, 7) is 6.02. The van der Waals surface area contributed by atoms with E-state index in [9.17, 15) is 9.59 Å². The largest absolute Gasteiger partial charge is 0.441 e. The number of hydrogen-bond acceptors (Lipinski definition) is 4. The monoisotopic (exact) mass is 334 g/mol. The van der Waals surface area contributed by atoms with Crippen LogP contribution in [0.2, 0.25) is 0 Å². The molecule has 2 fully saturated rings. The molecular weight excluding hydrogens is 308 g/mol. The number of piperidine rings is 1. The number of hydrogen-bond donors (Lipinski definition) is 0. The minimum atomic E-state index is -0.431. The van der Waals surface area contributed by atoms with Gasteiger partial charge in [-0.15, -0.1) is 0 Å². The first-order chi connectivity index (χ1) is 11.4. The summed E-state index contributed by atoms with van der Waals surface area (Å²) >= 11 is 0. The smallest absolute Gasteiger partial charge is 0.410 e. The fraction of sp³-hybridized carbons (Fsp3) is 0.706. The minimum absolute atomic E-state index is 0.0500. The van der Waals surface area contributed by atoms with Crippen molar-refractivity contribution >= 4 is 12.0 Å². The third-order valence-electron chi connectivity index (χ3n) is 5.13. The number of carbonyl (C=O) groups is 2. The highest BCUT2D eigenvalue weighted by Gasteiger charge is 2.48.